The van der Waals surface area contributed by atoms with Crippen LogP contribution in [0.5, 0.6) is 0 Å². The molecular weight excluding hydrogens is 336 g/mol. The molecule has 1 aliphatic rings. The number of piperidine rings is 1. The third kappa shape index (κ3) is 3.11. The van der Waals surface area contributed by atoms with Crippen LogP contribution < -0.4 is 5.32 Å². The minimum absolute atomic E-state index is 0.00306. The number of hydrogen-bond acceptors (Lipinski definition) is 5. The standard InChI is InChI=1S/C18H20N4O2S/c1-11-12(2)24-17(19-11)21-18(23)22-10-6-5-8-14(22)16-20-13-7-3-4-9-15(13)25-16/h3-4,7,9,14H,5-6,8,10H2,1-2H3,(H,19,21,23)/t14-/m0/s1. The maximum absolute atomic E-state index is 12.8. The van der Waals surface area contributed by atoms with Gasteiger partial charge in [-0.3, -0.25) is 5.32 Å². The van der Waals surface area contributed by atoms with Crippen LogP contribution in [0.2, 0.25) is 0 Å². The zero-order valence-corrected chi connectivity index (χ0v) is 15.1. The molecule has 0 saturated carbocycles. The van der Waals surface area contributed by atoms with Crippen LogP contribution >= 0.6 is 11.3 Å². The molecule has 3 aromatic rings. The highest BCUT2D eigenvalue weighted by atomic mass is 32.1. The van der Waals surface area contributed by atoms with Crippen LogP contribution in [0.4, 0.5) is 10.8 Å². The summed E-state index contributed by atoms with van der Waals surface area (Å²) in [5, 5.41) is 3.79. The van der Waals surface area contributed by atoms with Gasteiger partial charge in [-0.25, -0.2) is 9.78 Å². The Bertz CT molecular complexity index is 864. The molecule has 1 atom stereocenters. The number of fused-ring (bicyclic) bond motifs is 1. The molecule has 0 unspecified atom stereocenters. The Morgan fingerprint density at radius 3 is 2.88 bits per heavy atom. The van der Waals surface area contributed by atoms with Crippen molar-refractivity contribution in [2.75, 3.05) is 11.9 Å². The number of nitrogens with one attached hydrogen (secondary N) is 1. The molecular formula is C18H20N4O2S. The lowest BCUT2D eigenvalue weighted by Crippen LogP contribution is -2.41. The van der Waals surface area contributed by atoms with Crippen LogP contribution in [0, 0.1) is 13.8 Å². The number of amides is 2. The van der Waals surface area contributed by atoms with Gasteiger partial charge in [0.2, 0.25) is 0 Å². The molecule has 0 spiro atoms. The maximum atomic E-state index is 12.8. The van der Waals surface area contributed by atoms with Gasteiger partial charge >= 0.3 is 12.0 Å². The topological polar surface area (TPSA) is 71.3 Å². The number of thiazole rings is 1. The van der Waals surface area contributed by atoms with Crippen LogP contribution in [-0.2, 0) is 0 Å². The maximum Gasteiger partial charge on any atom is 0.326 e. The first-order valence-electron chi connectivity index (χ1n) is 8.49. The van der Waals surface area contributed by atoms with Gasteiger partial charge in [-0.1, -0.05) is 12.1 Å². The molecule has 1 aromatic carbocycles. The summed E-state index contributed by atoms with van der Waals surface area (Å²) >= 11 is 1.67. The van der Waals surface area contributed by atoms with Gasteiger partial charge in [0.25, 0.3) is 0 Å². The zero-order chi connectivity index (χ0) is 17.4. The largest absolute Gasteiger partial charge is 0.428 e. The van der Waals surface area contributed by atoms with Gasteiger partial charge in [-0.05, 0) is 45.2 Å². The highest BCUT2D eigenvalue weighted by Gasteiger charge is 2.31. The first-order chi connectivity index (χ1) is 12.1. The van der Waals surface area contributed by atoms with Crippen molar-refractivity contribution >= 4 is 33.6 Å². The highest BCUT2D eigenvalue weighted by Crippen LogP contribution is 2.35. The van der Waals surface area contributed by atoms with E-state index in [4.69, 9.17) is 9.40 Å². The minimum atomic E-state index is -0.176. The molecule has 1 aliphatic heterocycles. The van der Waals surface area contributed by atoms with Gasteiger partial charge in [0.05, 0.1) is 22.0 Å². The van der Waals surface area contributed by atoms with Gasteiger partial charge in [0.1, 0.15) is 10.8 Å². The van der Waals surface area contributed by atoms with E-state index in [-0.39, 0.29) is 18.1 Å². The first kappa shape index (κ1) is 16.1. The van der Waals surface area contributed by atoms with Crippen molar-refractivity contribution in [2.24, 2.45) is 0 Å². The zero-order valence-electron chi connectivity index (χ0n) is 14.3. The number of para-hydroxylation sites is 1. The van der Waals surface area contributed by atoms with Crippen molar-refractivity contribution in [1.29, 1.82) is 0 Å². The molecule has 7 heteroatoms. The summed E-state index contributed by atoms with van der Waals surface area (Å²) in [5.41, 5.74) is 1.78. The summed E-state index contributed by atoms with van der Waals surface area (Å²) < 4.78 is 6.64. The number of carbonyl (C=O) groups excluding carboxylic acids is 1. The van der Waals surface area contributed by atoms with Crippen molar-refractivity contribution in [3.63, 3.8) is 0 Å². The SMILES string of the molecule is Cc1nc(NC(=O)N2CCCC[C@H]2c2nc3ccccc3s2)oc1C. The molecule has 4 rings (SSSR count). The van der Waals surface area contributed by atoms with Crippen LogP contribution in [0.1, 0.15) is 41.8 Å². The monoisotopic (exact) mass is 356 g/mol. The van der Waals surface area contributed by atoms with E-state index in [2.05, 4.69) is 16.4 Å². The molecule has 1 fully saturated rings. The summed E-state index contributed by atoms with van der Waals surface area (Å²) in [4.78, 5) is 23.6. The van der Waals surface area contributed by atoms with Crippen molar-refractivity contribution in [2.45, 2.75) is 39.2 Å². The molecule has 2 amide bonds. The van der Waals surface area contributed by atoms with Gasteiger partial charge in [0.15, 0.2) is 0 Å². The van der Waals surface area contributed by atoms with E-state index in [1.54, 1.807) is 11.3 Å². The van der Waals surface area contributed by atoms with Gasteiger partial charge in [-0.15, -0.1) is 11.3 Å². The molecule has 25 heavy (non-hydrogen) atoms. The van der Waals surface area contributed by atoms with E-state index in [0.717, 1.165) is 45.9 Å². The normalized spacial score (nSPS) is 17.8. The van der Waals surface area contributed by atoms with E-state index in [0.29, 0.717) is 6.54 Å². The predicted molar refractivity (Wildman–Crippen MR) is 97.9 cm³/mol. The molecule has 0 bridgehead atoms. The number of hydrogen-bond donors (Lipinski definition) is 1. The average Bonchev–Trinajstić information content (AvgIpc) is 3.18. The Labute approximate surface area is 149 Å². The Hall–Kier alpha value is -2.41. The first-order valence-corrected chi connectivity index (χ1v) is 9.30. The number of carbonyl (C=O) groups is 1. The number of nitrogens with zero attached hydrogens (tertiary/aromatic N) is 3. The van der Waals surface area contributed by atoms with Crippen molar-refractivity contribution < 1.29 is 9.21 Å². The van der Waals surface area contributed by atoms with E-state index >= 15 is 0 Å². The van der Waals surface area contributed by atoms with Gasteiger partial charge < -0.3 is 9.32 Å². The second kappa shape index (κ2) is 6.48. The molecule has 130 valence electrons. The summed E-state index contributed by atoms with van der Waals surface area (Å²) in [7, 11) is 0. The predicted octanol–water partition coefficient (Wildman–Crippen LogP) is 4.66. The van der Waals surface area contributed by atoms with E-state index in [9.17, 15) is 4.79 Å². The lowest BCUT2D eigenvalue weighted by Gasteiger charge is -2.34. The van der Waals surface area contributed by atoms with E-state index < -0.39 is 0 Å². The Morgan fingerprint density at radius 2 is 2.12 bits per heavy atom. The quantitative estimate of drug-likeness (QED) is 0.725. The third-order valence-corrected chi connectivity index (χ3v) is 5.74. The number of anilines is 1. The summed E-state index contributed by atoms with van der Waals surface area (Å²) in [6, 6.07) is 8.18. The molecule has 1 saturated heterocycles. The minimum Gasteiger partial charge on any atom is -0.428 e. The summed E-state index contributed by atoms with van der Waals surface area (Å²) in [6.07, 6.45) is 3.02. The number of aromatic nitrogens is 2. The fourth-order valence-corrected chi connectivity index (χ4v) is 4.27. The Morgan fingerprint density at radius 1 is 1.28 bits per heavy atom. The molecule has 2 aromatic heterocycles. The fourth-order valence-electron chi connectivity index (χ4n) is 3.15. The average molecular weight is 356 g/mol. The smallest absolute Gasteiger partial charge is 0.326 e. The van der Waals surface area contributed by atoms with Gasteiger partial charge in [-0.2, -0.15) is 4.98 Å². The molecule has 1 N–H and O–H groups in total. The van der Waals surface area contributed by atoms with Crippen LogP contribution in [0.15, 0.2) is 28.7 Å². The highest BCUT2D eigenvalue weighted by molar-refractivity contribution is 7.18. The summed E-state index contributed by atoms with van der Waals surface area (Å²) in [5.74, 6) is 0.719. The Balaban J connectivity index is 1.58. The molecule has 0 radical (unpaired) electrons. The molecule has 6 nitrogen and oxygen atoms in total. The van der Waals surface area contributed by atoms with Crippen molar-refractivity contribution in [1.82, 2.24) is 14.9 Å². The fraction of sp³-hybridized carbons (Fsp3) is 0.389. The number of oxazole rings is 1. The van der Waals surface area contributed by atoms with Crippen molar-refractivity contribution in [3.8, 4) is 0 Å². The van der Waals surface area contributed by atoms with Crippen LogP contribution in [0.3, 0.4) is 0 Å². The van der Waals surface area contributed by atoms with E-state index in [1.807, 2.05) is 36.9 Å². The second-order valence-electron chi connectivity index (χ2n) is 6.32. The lowest BCUT2D eigenvalue weighted by molar-refractivity contribution is 0.163. The lowest BCUT2D eigenvalue weighted by atomic mass is 10.0. The van der Waals surface area contributed by atoms with E-state index in [1.165, 1.54) is 0 Å². The molecule has 3 heterocycles. The number of aryl methyl sites for hydroxylation is 2. The number of benzene rings is 1. The number of likely N-dealkylation sites (tertiary alicyclic amines) is 1. The second-order valence-corrected chi connectivity index (χ2v) is 7.38. The number of urea groups is 1. The Kier molecular flexibility index (Phi) is 4.17. The number of rotatable bonds is 2. The van der Waals surface area contributed by atoms with Crippen LogP contribution in [0.25, 0.3) is 10.2 Å². The van der Waals surface area contributed by atoms with Crippen molar-refractivity contribution in [3.05, 3.63) is 40.7 Å². The summed E-state index contributed by atoms with van der Waals surface area (Å²) in [6.45, 7) is 4.41. The molecule has 0 aliphatic carbocycles. The third-order valence-electron chi connectivity index (χ3n) is 4.60. The van der Waals surface area contributed by atoms with Crippen LogP contribution in [-0.4, -0.2) is 27.4 Å². The van der Waals surface area contributed by atoms with Gasteiger partial charge in [0, 0.05) is 6.54 Å².